The number of amides is 1. The molecule has 92 valence electrons. The molecule has 5 heteroatoms. The summed E-state index contributed by atoms with van der Waals surface area (Å²) in [7, 11) is 0. The Bertz CT molecular complexity index is 599. The molecular formula is C13H10Cl2N2O. The summed E-state index contributed by atoms with van der Waals surface area (Å²) in [6.45, 7) is 1.93. The molecule has 0 saturated carbocycles. The Kier molecular flexibility index (Phi) is 3.84. The van der Waals surface area contributed by atoms with Crippen LogP contribution in [0.4, 0.5) is 5.69 Å². The van der Waals surface area contributed by atoms with Crippen LogP contribution in [0.25, 0.3) is 0 Å². The van der Waals surface area contributed by atoms with Crippen LogP contribution in [-0.2, 0) is 0 Å². The minimum Gasteiger partial charge on any atom is -0.321 e. The highest BCUT2D eigenvalue weighted by Crippen LogP contribution is 2.24. The second-order valence-corrected chi connectivity index (χ2v) is 4.61. The van der Waals surface area contributed by atoms with Gasteiger partial charge in [-0.3, -0.25) is 9.78 Å². The molecule has 2 aromatic rings. The minimum atomic E-state index is -0.312. The van der Waals surface area contributed by atoms with Crippen molar-refractivity contribution in [2.45, 2.75) is 6.92 Å². The highest BCUT2D eigenvalue weighted by molar-refractivity contribution is 6.35. The number of pyridine rings is 1. The maximum Gasteiger partial charge on any atom is 0.257 e. The third-order valence-electron chi connectivity index (χ3n) is 2.39. The molecule has 2 rings (SSSR count). The predicted octanol–water partition coefficient (Wildman–Crippen LogP) is 3.95. The van der Waals surface area contributed by atoms with Crippen LogP contribution in [0.1, 0.15) is 15.9 Å². The zero-order valence-corrected chi connectivity index (χ0v) is 11.1. The van der Waals surface area contributed by atoms with Crippen molar-refractivity contribution in [3.05, 3.63) is 57.8 Å². The van der Waals surface area contributed by atoms with Crippen LogP contribution in [0, 0.1) is 6.92 Å². The van der Waals surface area contributed by atoms with E-state index < -0.39 is 0 Å². The number of halogens is 2. The lowest BCUT2D eigenvalue weighted by atomic mass is 10.2. The zero-order chi connectivity index (χ0) is 13.1. The van der Waals surface area contributed by atoms with Crippen LogP contribution in [0.5, 0.6) is 0 Å². The Morgan fingerprint density at radius 3 is 2.67 bits per heavy atom. The van der Waals surface area contributed by atoms with Gasteiger partial charge in [0.05, 0.1) is 21.3 Å². The van der Waals surface area contributed by atoms with Gasteiger partial charge in [-0.1, -0.05) is 29.3 Å². The molecule has 0 atom stereocenters. The summed E-state index contributed by atoms with van der Waals surface area (Å²) in [5.74, 6) is -0.312. The lowest BCUT2D eigenvalue weighted by Crippen LogP contribution is -2.12. The molecule has 1 N–H and O–H groups in total. The van der Waals surface area contributed by atoms with Gasteiger partial charge in [-0.15, -0.1) is 0 Å². The summed E-state index contributed by atoms with van der Waals surface area (Å²) in [5, 5.41) is 3.51. The number of carbonyl (C=O) groups is 1. The molecular weight excluding hydrogens is 271 g/mol. The number of nitrogens with one attached hydrogen (secondary N) is 1. The van der Waals surface area contributed by atoms with E-state index in [1.807, 2.05) is 13.0 Å². The second kappa shape index (κ2) is 5.38. The molecule has 0 radical (unpaired) electrons. The zero-order valence-electron chi connectivity index (χ0n) is 9.58. The number of benzene rings is 1. The summed E-state index contributed by atoms with van der Waals surface area (Å²) in [6, 6.07) is 6.96. The van der Waals surface area contributed by atoms with Crippen LogP contribution in [0.3, 0.4) is 0 Å². The number of aryl methyl sites for hydroxylation is 1. The monoisotopic (exact) mass is 280 g/mol. The van der Waals surface area contributed by atoms with E-state index in [1.165, 1.54) is 12.4 Å². The summed E-state index contributed by atoms with van der Waals surface area (Å²) < 4.78 is 0. The van der Waals surface area contributed by atoms with Crippen LogP contribution in [0.2, 0.25) is 10.0 Å². The van der Waals surface area contributed by atoms with Crippen LogP contribution < -0.4 is 5.32 Å². The van der Waals surface area contributed by atoms with Crippen molar-refractivity contribution in [3.63, 3.8) is 0 Å². The Hall–Kier alpha value is -1.58. The number of carbonyl (C=O) groups excluding carboxylic acids is 1. The average Bonchev–Trinajstić information content (AvgIpc) is 2.33. The van der Waals surface area contributed by atoms with Crippen LogP contribution in [-0.4, -0.2) is 10.9 Å². The Labute approximate surface area is 115 Å². The lowest BCUT2D eigenvalue weighted by Gasteiger charge is -2.08. The van der Waals surface area contributed by atoms with E-state index in [9.17, 15) is 4.79 Å². The van der Waals surface area contributed by atoms with Crippen molar-refractivity contribution in [2.75, 3.05) is 5.32 Å². The first-order valence-electron chi connectivity index (χ1n) is 5.25. The van der Waals surface area contributed by atoms with E-state index in [-0.39, 0.29) is 5.91 Å². The van der Waals surface area contributed by atoms with Crippen LogP contribution in [0.15, 0.2) is 36.7 Å². The molecule has 0 aliphatic rings. The first-order valence-corrected chi connectivity index (χ1v) is 6.00. The van der Waals surface area contributed by atoms with E-state index >= 15 is 0 Å². The molecule has 0 saturated heterocycles. The number of hydrogen-bond acceptors (Lipinski definition) is 2. The predicted molar refractivity (Wildman–Crippen MR) is 73.4 cm³/mol. The van der Waals surface area contributed by atoms with Crippen molar-refractivity contribution in [1.29, 1.82) is 0 Å². The molecule has 1 aromatic heterocycles. The lowest BCUT2D eigenvalue weighted by molar-refractivity contribution is 0.102. The van der Waals surface area contributed by atoms with E-state index in [1.54, 1.807) is 18.2 Å². The van der Waals surface area contributed by atoms with Gasteiger partial charge in [0.15, 0.2) is 0 Å². The topological polar surface area (TPSA) is 42.0 Å². The second-order valence-electron chi connectivity index (χ2n) is 3.79. The number of rotatable bonds is 2. The Balaban J connectivity index is 2.24. The van der Waals surface area contributed by atoms with Crippen molar-refractivity contribution in [1.82, 2.24) is 4.98 Å². The number of hydrogen-bond donors (Lipinski definition) is 1. The summed E-state index contributed by atoms with van der Waals surface area (Å²) in [4.78, 5) is 15.8. The fourth-order valence-electron chi connectivity index (χ4n) is 1.47. The number of aromatic nitrogens is 1. The molecule has 1 aromatic carbocycles. The first-order chi connectivity index (χ1) is 8.58. The highest BCUT2D eigenvalue weighted by Gasteiger charge is 2.11. The Morgan fingerprint density at radius 2 is 2.00 bits per heavy atom. The van der Waals surface area contributed by atoms with E-state index in [2.05, 4.69) is 10.3 Å². The third-order valence-corrected chi connectivity index (χ3v) is 3.00. The SMILES string of the molecule is Cc1ccc(NC(=O)c2ccncc2Cl)c(Cl)c1. The molecule has 0 aliphatic carbocycles. The maximum atomic E-state index is 12.0. The van der Waals surface area contributed by atoms with Crippen molar-refractivity contribution < 1.29 is 4.79 Å². The van der Waals surface area contributed by atoms with E-state index in [4.69, 9.17) is 23.2 Å². The molecule has 0 aliphatic heterocycles. The van der Waals surface area contributed by atoms with E-state index in [0.717, 1.165) is 5.56 Å². The summed E-state index contributed by atoms with van der Waals surface area (Å²) >= 11 is 11.9. The van der Waals surface area contributed by atoms with Gasteiger partial charge in [0.1, 0.15) is 0 Å². The van der Waals surface area contributed by atoms with Crippen molar-refractivity contribution in [2.24, 2.45) is 0 Å². The largest absolute Gasteiger partial charge is 0.321 e. The molecule has 3 nitrogen and oxygen atoms in total. The highest BCUT2D eigenvalue weighted by atomic mass is 35.5. The van der Waals surface area contributed by atoms with E-state index in [0.29, 0.717) is 21.3 Å². The molecule has 0 bridgehead atoms. The average molecular weight is 281 g/mol. The fourth-order valence-corrected chi connectivity index (χ4v) is 1.96. The minimum absolute atomic E-state index is 0.304. The Morgan fingerprint density at radius 1 is 1.22 bits per heavy atom. The van der Waals surface area contributed by atoms with Gasteiger partial charge in [0, 0.05) is 12.4 Å². The van der Waals surface area contributed by atoms with Gasteiger partial charge in [0.2, 0.25) is 0 Å². The van der Waals surface area contributed by atoms with Gasteiger partial charge < -0.3 is 5.32 Å². The van der Waals surface area contributed by atoms with Gasteiger partial charge in [-0.05, 0) is 30.7 Å². The van der Waals surface area contributed by atoms with Gasteiger partial charge in [0.25, 0.3) is 5.91 Å². The first kappa shape index (κ1) is 12.9. The normalized spacial score (nSPS) is 10.2. The number of anilines is 1. The quantitative estimate of drug-likeness (QED) is 0.905. The smallest absolute Gasteiger partial charge is 0.257 e. The maximum absolute atomic E-state index is 12.0. The van der Waals surface area contributed by atoms with Crippen molar-refractivity contribution >= 4 is 34.8 Å². The van der Waals surface area contributed by atoms with Crippen LogP contribution >= 0.6 is 23.2 Å². The molecule has 1 heterocycles. The summed E-state index contributed by atoms with van der Waals surface area (Å²) in [5.41, 5.74) is 1.95. The molecule has 1 amide bonds. The molecule has 0 unspecified atom stereocenters. The summed E-state index contributed by atoms with van der Waals surface area (Å²) in [6.07, 6.45) is 2.94. The van der Waals surface area contributed by atoms with Crippen molar-refractivity contribution in [3.8, 4) is 0 Å². The van der Waals surface area contributed by atoms with Gasteiger partial charge >= 0.3 is 0 Å². The fraction of sp³-hybridized carbons (Fsp3) is 0.0769. The third kappa shape index (κ3) is 2.81. The van der Waals surface area contributed by atoms with Gasteiger partial charge in [-0.2, -0.15) is 0 Å². The molecule has 0 spiro atoms. The number of nitrogens with zero attached hydrogens (tertiary/aromatic N) is 1. The molecule has 18 heavy (non-hydrogen) atoms. The molecule has 0 fully saturated rings. The van der Waals surface area contributed by atoms with Gasteiger partial charge in [-0.25, -0.2) is 0 Å². The standard InChI is InChI=1S/C13H10Cl2N2O/c1-8-2-3-12(10(14)6-8)17-13(18)9-4-5-16-7-11(9)15/h2-7H,1H3,(H,17,18).